The molecule has 0 amide bonds. The Morgan fingerprint density at radius 3 is 2.42 bits per heavy atom. The van der Waals surface area contributed by atoms with Gasteiger partial charge in [0.25, 0.3) is 0 Å². The minimum atomic E-state index is -0.337. The van der Waals surface area contributed by atoms with Crippen LogP contribution in [0.4, 0.5) is 5.69 Å². The van der Waals surface area contributed by atoms with Crippen LogP contribution < -0.4 is 14.8 Å². The number of aryl methyl sites for hydroxylation is 1. The number of esters is 1. The topological polar surface area (TPSA) is 56.8 Å². The first-order valence-corrected chi connectivity index (χ1v) is 7.83. The van der Waals surface area contributed by atoms with Crippen LogP contribution in [0.15, 0.2) is 42.5 Å². The van der Waals surface area contributed by atoms with Crippen LogP contribution in [0, 0.1) is 6.92 Å². The minimum Gasteiger partial charge on any atom is -0.497 e. The van der Waals surface area contributed by atoms with Gasteiger partial charge < -0.3 is 19.5 Å². The molecule has 0 aliphatic heterocycles. The summed E-state index contributed by atoms with van der Waals surface area (Å²) in [6, 6.07) is 13.2. The quantitative estimate of drug-likeness (QED) is 0.591. The maximum atomic E-state index is 11.8. The highest BCUT2D eigenvalue weighted by atomic mass is 16.5. The second-order valence-electron chi connectivity index (χ2n) is 5.34. The number of hydrogen-bond acceptors (Lipinski definition) is 5. The molecule has 5 heteroatoms. The smallest absolute Gasteiger partial charge is 0.339 e. The molecule has 0 radical (unpaired) electrons. The molecular formula is C19H23NO4. The monoisotopic (exact) mass is 329 g/mol. The normalized spacial score (nSPS) is 10.1. The number of hydrogen-bond donors (Lipinski definition) is 1. The first-order valence-electron chi connectivity index (χ1n) is 7.83. The van der Waals surface area contributed by atoms with Gasteiger partial charge in [0.2, 0.25) is 0 Å². The predicted octanol–water partition coefficient (Wildman–Crippen LogP) is 3.67. The highest BCUT2D eigenvalue weighted by Crippen LogP contribution is 2.19. The molecule has 5 nitrogen and oxygen atoms in total. The van der Waals surface area contributed by atoms with Crippen molar-refractivity contribution in [1.82, 2.24) is 0 Å². The third kappa shape index (κ3) is 4.91. The lowest BCUT2D eigenvalue weighted by molar-refractivity contribution is 0.0601. The molecule has 0 saturated heterocycles. The van der Waals surface area contributed by atoms with Crippen molar-refractivity contribution in [3.8, 4) is 11.5 Å². The molecule has 0 heterocycles. The fourth-order valence-electron chi connectivity index (χ4n) is 2.25. The van der Waals surface area contributed by atoms with Crippen LogP contribution >= 0.6 is 0 Å². The number of nitrogens with one attached hydrogen (secondary N) is 1. The number of methoxy groups -OCH3 is 2. The highest BCUT2D eigenvalue weighted by Gasteiger charge is 2.11. The van der Waals surface area contributed by atoms with Crippen molar-refractivity contribution < 1.29 is 19.0 Å². The molecule has 2 rings (SSSR count). The summed E-state index contributed by atoms with van der Waals surface area (Å²) in [4.78, 5) is 11.8. The van der Waals surface area contributed by atoms with Crippen molar-refractivity contribution in [2.24, 2.45) is 0 Å². The van der Waals surface area contributed by atoms with Gasteiger partial charge in [-0.2, -0.15) is 0 Å². The van der Waals surface area contributed by atoms with E-state index in [1.807, 2.05) is 49.4 Å². The van der Waals surface area contributed by atoms with Gasteiger partial charge in [-0.1, -0.05) is 11.6 Å². The number of benzene rings is 2. The van der Waals surface area contributed by atoms with Gasteiger partial charge in [0.1, 0.15) is 11.5 Å². The van der Waals surface area contributed by atoms with Gasteiger partial charge >= 0.3 is 5.97 Å². The van der Waals surface area contributed by atoms with Crippen LogP contribution in [0.5, 0.6) is 11.5 Å². The van der Waals surface area contributed by atoms with Gasteiger partial charge in [-0.3, -0.25) is 0 Å². The van der Waals surface area contributed by atoms with Crippen LogP contribution in [0.25, 0.3) is 0 Å². The molecular weight excluding hydrogens is 306 g/mol. The van der Waals surface area contributed by atoms with Crippen molar-refractivity contribution in [2.45, 2.75) is 13.3 Å². The van der Waals surface area contributed by atoms with Gasteiger partial charge in [-0.25, -0.2) is 4.79 Å². The zero-order valence-electron chi connectivity index (χ0n) is 14.3. The minimum absolute atomic E-state index is 0.337. The zero-order chi connectivity index (χ0) is 17.4. The van der Waals surface area contributed by atoms with Gasteiger partial charge in [0.15, 0.2) is 0 Å². The Balaban J connectivity index is 1.80. The van der Waals surface area contributed by atoms with E-state index < -0.39 is 0 Å². The van der Waals surface area contributed by atoms with Gasteiger partial charge in [0, 0.05) is 12.2 Å². The first-order chi connectivity index (χ1) is 11.6. The van der Waals surface area contributed by atoms with Gasteiger partial charge in [0.05, 0.1) is 26.4 Å². The lowest BCUT2D eigenvalue weighted by Crippen LogP contribution is -2.11. The van der Waals surface area contributed by atoms with E-state index in [2.05, 4.69) is 5.32 Å². The second-order valence-corrected chi connectivity index (χ2v) is 5.34. The number of rotatable bonds is 8. The number of ether oxygens (including phenoxy) is 3. The molecule has 0 aliphatic carbocycles. The summed E-state index contributed by atoms with van der Waals surface area (Å²) in [6.45, 7) is 3.22. The van der Waals surface area contributed by atoms with E-state index in [9.17, 15) is 4.79 Å². The molecule has 0 aromatic heterocycles. The number of carbonyl (C=O) groups is 1. The predicted molar refractivity (Wildman–Crippen MR) is 94.1 cm³/mol. The Morgan fingerprint density at radius 2 is 1.75 bits per heavy atom. The molecule has 0 unspecified atom stereocenters. The zero-order valence-corrected chi connectivity index (χ0v) is 14.3. The van der Waals surface area contributed by atoms with E-state index in [0.717, 1.165) is 29.2 Å². The Labute approximate surface area is 142 Å². The van der Waals surface area contributed by atoms with E-state index in [0.29, 0.717) is 18.7 Å². The Hall–Kier alpha value is -2.69. The first kappa shape index (κ1) is 17.7. The van der Waals surface area contributed by atoms with Crippen molar-refractivity contribution in [3.05, 3.63) is 53.6 Å². The molecule has 0 bridgehead atoms. The molecule has 2 aromatic carbocycles. The number of anilines is 1. The standard InChI is InChI=1S/C19H23NO4/c1-14-5-10-18(17(13-14)19(21)23-3)20-11-4-12-24-16-8-6-15(22-2)7-9-16/h5-10,13,20H,4,11-12H2,1-3H3. The van der Waals surface area contributed by atoms with E-state index >= 15 is 0 Å². The molecule has 128 valence electrons. The molecule has 0 spiro atoms. The average molecular weight is 329 g/mol. The van der Waals surface area contributed by atoms with E-state index in [1.165, 1.54) is 7.11 Å². The lowest BCUT2D eigenvalue weighted by Gasteiger charge is -2.12. The Kier molecular flexibility index (Phi) is 6.49. The van der Waals surface area contributed by atoms with Crippen LogP contribution in [0.1, 0.15) is 22.3 Å². The van der Waals surface area contributed by atoms with Crippen LogP contribution in [0.3, 0.4) is 0 Å². The molecule has 0 atom stereocenters. The van der Waals surface area contributed by atoms with Crippen molar-refractivity contribution in [1.29, 1.82) is 0 Å². The number of carbonyl (C=O) groups excluding carboxylic acids is 1. The summed E-state index contributed by atoms with van der Waals surface area (Å²) >= 11 is 0. The fourth-order valence-corrected chi connectivity index (χ4v) is 2.25. The molecule has 0 aliphatic rings. The van der Waals surface area contributed by atoms with Crippen molar-refractivity contribution in [2.75, 3.05) is 32.7 Å². The molecule has 0 saturated carbocycles. The van der Waals surface area contributed by atoms with Crippen LogP contribution in [-0.2, 0) is 4.74 Å². The maximum Gasteiger partial charge on any atom is 0.339 e. The summed E-state index contributed by atoms with van der Waals surface area (Å²) in [5.41, 5.74) is 2.34. The van der Waals surface area contributed by atoms with E-state index in [-0.39, 0.29) is 5.97 Å². The molecule has 0 fully saturated rings. The average Bonchev–Trinajstić information content (AvgIpc) is 2.62. The maximum absolute atomic E-state index is 11.8. The van der Waals surface area contributed by atoms with Gasteiger partial charge in [-0.05, 0) is 49.7 Å². The van der Waals surface area contributed by atoms with E-state index in [1.54, 1.807) is 7.11 Å². The third-order valence-electron chi connectivity index (χ3n) is 3.55. The van der Waals surface area contributed by atoms with Crippen molar-refractivity contribution in [3.63, 3.8) is 0 Å². The SMILES string of the molecule is COC(=O)c1cc(C)ccc1NCCCOc1ccc(OC)cc1. The molecule has 2 aromatic rings. The highest BCUT2D eigenvalue weighted by molar-refractivity contribution is 5.95. The lowest BCUT2D eigenvalue weighted by atomic mass is 10.1. The largest absolute Gasteiger partial charge is 0.497 e. The molecule has 24 heavy (non-hydrogen) atoms. The Bertz CT molecular complexity index is 668. The van der Waals surface area contributed by atoms with Crippen LogP contribution in [-0.4, -0.2) is 33.3 Å². The Morgan fingerprint density at radius 1 is 1.04 bits per heavy atom. The van der Waals surface area contributed by atoms with Gasteiger partial charge in [-0.15, -0.1) is 0 Å². The third-order valence-corrected chi connectivity index (χ3v) is 3.55. The van der Waals surface area contributed by atoms with Crippen molar-refractivity contribution >= 4 is 11.7 Å². The summed E-state index contributed by atoms with van der Waals surface area (Å²) in [7, 11) is 3.02. The summed E-state index contributed by atoms with van der Waals surface area (Å²) in [6.07, 6.45) is 0.806. The summed E-state index contributed by atoms with van der Waals surface area (Å²) < 4.78 is 15.6. The van der Waals surface area contributed by atoms with Crippen LogP contribution in [0.2, 0.25) is 0 Å². The van der Waals surface area contributed by atoms with E-state index in [4.69, 9.17) is 14.2 Å². The fraction of sp³-hybridized carbons (Fsp3) is 0.316. The second kappa shape index (κ2) is 8.82. The molecule has 1 N–H and O–H groups in total. The summed E-state index contributed by atoms with van der Waals surface area (Å²) in [5, 5.41) is 3.26. The summed E-state index contributed by atoms with van der Waals surface area (Å²) in [5.74, 6) is 1.27.